The van der Waals surface area contributed by atoms with E-state index in [1.807, 2.05) is 145 Å². The molecule has 8 nitrogen and oxygen atoms in total. The van der Waals surface area contributed by atoms with Gasteiger partial charge in [0.15, 0.2) is 0 Å². The van der Waals surface area contributed by atoms with Crippen LogP contribution in [-0.4, -0.2) is 45.6 Å². The number of hydrogen-bond acceptors (Lipinski definition) is 8. The fraction of sp³-hybridized carbons (Fsp3) is 0.480. The molecule has 8 heteroatoms. The van der Waals surface area contributed by atoms with Crippen LogP contribution < -0.4 is 0 Å². The highest BCUT2D eigenvalue weighted by atomic mass is 16.6. The molecule has 0 heterocycles. The first-order valence-electron chi connectivity index (χ1n) is 20.2. The van der Waals surface area contributed by atoms with E-state index < -0.39 is 44.4 Å². The Morgan fingerprint density at radius 3 is 0.759 bits per heavy atom. The number of hydrogen-bond donors (Lipinski definition) is 4. The minimum absolute atomic E-state index is 0.0426. The Morgan fingerprint density at radius 1 is 0.379 bits per heavy atom. The predicted molar refractivity (Wildman–Crippen MR) is 231 cm³/mol. The first-order valence-corrected chi connectivity index (χ1v) is 20.2. The second-order valence-electron chi connectivity index (χ2n) is 20.3. The molecule has 0 bridgehead atoms. The van der Waals surface area contributed by atoms with Crippen LogP contribution in [0.4, 0.5) is 0 Å². The highest BCUT2D eigenvalue weighted by molar-refractivity contribution is 5.75. The van der Waals surface area contributed by atoms with Gasteiger partial charge >= 0.3 is 11.9 Å². The van der Waals surface area contributed by atoms with Crippen molar-refractivity contribution in [3.8, 4) is 23.0 Å². The molecule has 0 saturated heterocycles. The molecule has 0 fully saturated rings. The van der Waals surface area contributed by atoms with E-state index in [2.05, 4.69) is 0 Å². The number of rotatable bonds is 11. The van der Waals surface area contributed by atoms with Gasteiger partial charge in [-0.2, -0.15) is 0 Å². The summed E-state index contributed by atoms with van der Waals surface area (Å²) < 4.78 is 11.4. The Balaban J connectivity index is 1.62. The Labute approximate surface area is 346 Å². The average molecular weight is 795 g/mol. The Hall–Kier alpha value is -4.98. The van der Waals surface area contributed by atoms with Crippen LogP contribution in [0.1, 0.15) is 154 Å². The van der Waals surface area contributed by atoms with Crippen LogP contribution in [0.3, 0.4) is 0 Å². The maximum Gasteiger partial charge on any atom is 0.307 e. The molecule has 0 amide bonds. The van der Waals surface area contributed by atoms with Crippen molar-refractivity contribution in [2.24, 2.45) is 0 Å². The van der Waals surface area contributed by atoms with Crippen LogP contribution >= 0.6 is 0 Å². The second kappa shape index (κ2) is 16.3. The number of aromatic hydroxyl groups is 4. The molecular weight excluding hydrogens is 729 g/mol. The lowest BCUT2D eigenvalue weighted by atomic mass is 9.69. The molecule has 0 aromatic heterocycles. The number of benzene rings is 4. The van der Waals surface area contributed by atoms with Gasteiger partial charge in [0.2, 0.25) is 0 Å². The van der Waals surface area contributed by atoms with Gasteiger partial charge in [0.1, 0.15) is 36.2 Å². The number of para-hydroxylation sites is 4. The van der Waals surface area contributed by atoms with Crippen molar-refractivity contribution in [1.29, 1.82) is 0 Å². The molecule has 0 aliphatic carbocycles. The number of esters is 2. The standard InChI is InChI=1S/C50H66O8/c1-45(2,3)31-19-15-23-35(41(31)53)49(13,36-24-16-20-32(42(36)54)46(4,5)6)29-39(51)57-27-28-58-40(52)30-50(14,37-25-17-21-33(43(37)55)47(7,8)9)38-26-18-22-34(44(38)56)48(10,11)12/h15-26,53-56H,27-30H2,1-14H3. The lowest BCUT2D eigenvalue weighted by molar-refractivity contribution is -0.153. The largest absolute Gasteiger partial charge is 0.507 e. The zero-order valence-electron chi connectivity index (χ0n) is 37.2. The van der Waals surface area contributed by atoms with E-state index >= 15 is 0 Å². The highest BCUT2D eigenvalue weighted by Crippen LogP contribution is 2.50. The van der Waals surface area contributed by atoms with Gasteiger partial charge in [-0.1, -0.05) is 170 Å². The predicted octanol–water partition coefficient (Wildman–Crippen LogP) is 10.9. The Bertz CT molecular complexity index is 1850. The van der Waals surface area contributed by atoms with Gasteiger partial charge in [-0.25, -0.2) is 0 Å². The van der Waals surface area contributed by atoms with Crippen LogP contribution in [0.5, 0.6) is 23.0 Å². The number of ether oxygens (including phenoxy) is 2. The fourth-order valence-electron chi connectivity index (χ4n) is 8.04. The fourth-order valence-corrected chi connectivity index (χ4v) is 8.04. The van der Waals surface area contributed by atoms with Gasteiger partial charge in [-0.15, -0.1) is 0 Å². The van der Waals surface area contributed by atoms with Gasteiger partial charge < -0.3 is 29.9 Å². The summed E-state index contributed by atoms with van der Waals surface area (Å²) in [7, 11) is 0. The summed E-state index contributed by atoms with van der Waals surface area (Å²) in [6.45, 7) is 27.1. The molecule has 4 aromatic rings. The van der Waals surface area contributed by atoms with Crippen molar-refractivity contribution in [2.45, 2.75) is 142 Å². The molecule has 0 atom stereocenters. The molecule has 0 aliphatic rings. The van der Waals surface area contributed by atoms with E-state index in [9.17, 15) is 30.0 Å². The third kappa shape index (κ3) is 9.48. The van der Waals surface area contributed by atoms with Crippen molar-refractivity contribution in [3.63, 3.8) is 0 Å². The van der Waals surface area contributed by atoms with Crippen molar-refractivity contribution >= 4 is 11.9 Å². The van der Waals surface area contributed by atoms with Crippen LogP contribution in [-0.2, 0) is 51.6 Å². The molecule has 4 rings (SSSR count). The summed E-state index contributed by atoms with van der Waals surface area (Å²) >= 11 is 0. The molecule has 4 aromatic carbocycles. The summed E-state index contributed by atoms with van der Waals surface area (Å²) in [5, 5.41) is 46.8. The molecule has 0 spiro atoms. The molecular formula is C50H66O8. The van der Waals surface area contributed by atoms with Crippen LogP contribution in [0.25, 0.3) is 0 Å². The summed E-state index contributed by atoms with van der Waals surface area (Å²) in [5.74, 6) is -1.06. The highest BCUT2D eigenvalue weighted by Gasteiger charge is 2.41. The normalized spacial score (nSPS) is 13.0. The quantitative estimate of drug-likeness (QED) is 0.0871. The third-order valence-electron chi connectivity index (χ3n) is 11.4. The van der Waals surface area contributed by atoms with Crippen molar-refractivity contribution in [1.82, 2.24) is 0 Å². The molecule has 0 saturated carbocycles. The second-order valence-corrected chi connectivity index (χ2v) is 20.3. The van der Waals surface area contributed by atoms with Crippen LogP contribution in [0, 0.1) is 0 Å². The number of phenols is 4. The maximum absolute atomic E-state index is 13.8. The van der Waals surface area contributed by atoms with Crippen LogP contribution in [0.2, 0.25) is 0 Å². The number of carbonyl (C=O) groups excluding carboxylic acids is 2. The SMILES string of the molecule is CC(C)(C)c1cccc(C(C)(CC(=O)OCCOC(=O)CC(C)(c2cccc(C(C)(C)C)c2O)c2cccc(C(C)(C)C)c2O)c2cccc(C(C)(C)C)c2O)c1O. The number of carbonyl (C=O) groups is 2. The third-order valence-corrected chi connectivity index (χ3v) is 11.4. The molecule has 0 aliphatic heterocycles. The minimum atomic E-state index is -1.21. The van der Waals surface area contributed by atoms with E-state index in [1.54, 1.807) is 24.3 Å². The van der Waals surface area contributed by atoms with E-state index in [-0.39, 0.29) is 49.1 Å². The Morgan fingerprint density at radius 2 is 0.569 bits per heavy atom. The summed E-state index contributed by atoms with van der Waals surface area (Å²) in [4.78, 5) is 27.5. The van der Waals surface area contributed by atoms with Gasteiger partial charge in [0.25, 0.3) is 0 Å². The lowest BCUT2D eigenvalue weighted by Crippen LogP contribution is -2.31. The first kappa shape index (κ1) is 45.7. The van der Waals surface area contributed by atoms with Crippen LogP contribution in [0.15, 0.2) is 72.8 Å². The average Bonchev–Trinajstić information content (AvgIpc) is 3.08. The molecule has 314 valence electrons. The maximum atomic E-state index is 13.8. The molecule has 0 radical (unpaired) electrons. The smallest absolute Gasteiger partial charge is 0.307 e. The zero-order valence-corrected chi connectivity index (χ0v) is 37.2. The van der Waals surface area contributed by atoms with Crippen molar-refractivity contribution in [3.05, 3.63) is 117 Å². The monoisotopic (exact) mass is 794 g/mol. The molecule has 4 N–H and O–H groups in total. The molecule has 0 unspecified atom stereocenters. The lowest BCUT2D eigenvalue weighted by Gasteiger charge is -2.35. The molecule has 58 heavy (non-hydrogen) atoms. The summed E-state index contributed by atoms with van der Waals surface area (Å²) in [6.07, 6.45) is -0.456. The van der Waals surface area contributed by atoms with Gasteiger partial charge in [0.05, 0.1) is 12.8 Å². The van der Waals surface area contributed by atoms with Gasteiger partial charge in [-0.3, -0.25) is 9.59 Å². The summed E-state index contributed by atoms with van der Waals surface area (Å²) in [6, 6.07) is 21.9. The van der Waals surface area contributed by atoms with E-state index in [0.717, 1.165) is 0 Å². The topological polar surface area (TPSA) is 134 Å². The Kier molecular flexibility index (Phi) is 12.9. The summed E-state index contributed by atoms with van der Waals surface area (Å²) in [5.41, 5.74) is 0.665. The number of phenolic OH excluding ortho intramolecular Hbond substituents is 4. The van der Waals surface area contributed by atoms with E-state index in [1.165, 1.54) is 0 Å². The van der Waals surface area contributed by atoms with E-state index in [4.69, 9.17) is 9.47 Å². The van der Waals surface area contributed by atoms with E-state index in [0.29, 0.717) is 44.5 Å². The first-order chi connectivity index (χ1) is 26.5. The van der Waals surface area contributed by atoms with Gasteiger partial charge in [-0.05, 0) is 43.9 Å². The van der Waals surface area contributed by atoms with Crippen molar-refractivity contribution < 1.29 is 39.5 Å². The minimum Gasteiger partial charge on any atom is -0.507 e. The van der Waals surface area contributed by atoms with Gasteiger partial charge in [0, 0.05) is 33.1 Å². The zero-order chi connectivity index (χ0) is 43.8. The van der Waals surface area contributed by atoms with Crippen molar-refractivity contribution in [2.75, 3.05) is 13.2 Å².